The third-order valence-corrected chi connectivity index (χ3v) is 5.55. The molecular formula is C25H29IN4O. The Bertz CT molecular complexity index is 958. The van der Waals surface area contributed by atoms with Gasteiger partial charge in [0.2, 0.25) is 0 Å². The zero-order valence-electron chi connectivity index (χ0n) is 17.8. The van der Waals surface area contributed by atoms with Gasteiger partial charge in [-0.1, -0.05) is 48.5 Å². The quantitative estimate of drug-likeness (QED) is 0.254. The van der Waals surface area contributed by atoms with E-state index >= 15 is 0 Å². The molecule has 5 nitrogen and oxygen atoms in total. The van der Waals surface area contributed by atoms with Crippen molar-refractivity contribution < 1.29 is 4.74 Å². The van der Waals surface area contributed by atoms with Gasteiger partial charge < -0.3 is 15.4 Å². The third-order valence-electron chi connectivity index (χ3n) is 5.55. The highest BCUT2D eigenvalue weighted by molar-refractivity contribution is 14.0. The molecular weight excluding hydrogens is 499 g/mol. The van der Waals surface area contributed by atoms with Crippen molar-refractivity contribution in [2.75, 3.05) is 13.6 Å². The molecule has 1 aromatic heterocycles. The maximum atomic E-state index is 5.80. The summed E-state index contributed by atoms with van der Waals surface area (Å²) in [4.78, 5) is 8.64. The molecule has 1 saturated carbocycles. The molecule has 1 aliphatic rings. The van der Waals surface area contributed by atoms with E-state index in [4.69, 9.17) is 4.74 Å². The average Bonchev–Trinajstić information content (AvgIpc) is 3.61. The largest absolute Gasteiger partial charge is 0.487 e. The van der Waals surface area contributed by atoms with E-state index in [1.54, 1.807) is 6.20 Å². The molecule has 0 spiro atoms. The van der Waals surface area contributed by atoms with Gasteiger partial charge in [-0.3, -0.25) is 9.98 Å². The zero-order valence-corrected chi connectivity index (χ0v) is 20.1. The third kappa shape index (κ3) is 6.43. The number of aliphatic imine (C=N–C) groups is 1. The Morgan fingerprint density at radius 2 is 1.71 bits per heavy atom. The molecule has 1 aliphatic carbocycles. The predicted octanol–water partition coefficient (Wildman–Crippen LogP) is 4.68. The number of hydrogen-bond acceptors (Lipinski definition) is 3. The second kappa shape index (κ2) is 11.1. The van der Waals surface area contributed by atoms with Crippen LogP contribution in [0.1, 0.15) is 29.7 Å². The van der Waals surface area contributed by atoms with Gasteiger partial charge in [0.25, 0.3) is 0 Å². The molecule has 1 heterocycles. The predicted molar refractivity (Wildman–Crippen MR) is 136 cm³/mol. The van der Waals surface area contributed by atoms with E-state index in [1.165, 1.54) is 24.0 Å². The van der Waals surface area contributed by atoms with Gasteiger partial charge in [-0.2, -0.15) is 0 Å². The lowest BCUT2D eigenvalue weighted by atomic mass is 9.96. The van der Waals surface area contributed by atoms with E-state index in [0.29, 0.717) is 13.2 Å². The van der Waals surface area contributed by atoms with E-state index in [9.17, 15) is 0 Å². The molecule has 3 aromatic rings. The number of pyridine rings is 1. The summed E-state index contributed by atoms with van der Waals surface area (Å²) in [6.07, 6.45) is 4.22. The van der Waals surface area contributed by atoms with Gasteiger partial charge in [0.15, 0.2) is 5.96 Å². The van der Waals surface area contributed by atoms with Crippen LogP contribution in [-0.4, -0.2) is 24.5 Å². The Kier molecular flexibility index (Phi) is 8.28. The number of guanidine groups is 1. The molecule has 0 aliphatic heterocycles. The van der Waals surface area contributed by atoms with Gasteiger partial charge in [0.1, 0.15) is 12.4 Å². The molecule has 0 unspecified atom stereocenters. The first-order valence-corrected chi connectivity index (χ1v) is 10.4. The number of benzene rings is 2. The minimum atomic E-state index is 0. The summed E-state index contributed by atoms with van der Waals surface area (Å²) in [5.74, 6) is 1.66. The molecule has 6 heteroatoms. The molecule has 162 valence electrons. The molecule has 0 atom stereocenters. The molecule has 0 amide bonds. The second-order valence-corrected chi connectivity index (χ2v) is 7.68. The first-order chi connectivity index (χ1) is 14.8. The van der Waals surface area contributed by atoms with Crippen LogP contribution >= 0.6 is 24.0 Å². The van der Waals surface area contributed by atoms with Crippen molar-refractivity contribution in [2.45, 2.75) is 31.4 Å². The Labute approximate surface area is 201 Å². The molecule has 31 heavy (non-hydrogen) atoms. The van der Waals surface area contributed by atoms with E-state index in [0.717, 1.165) is 23.9 Å². The van der Waals surface area contributed by atoms with Crippen LogP contribution in [0.2, 0.25) is 0 Å². The second-order valence-electron chi connectivity index (χ2n) is 7.68. The van der Waals surface area contributed by atoms with E-state index < -0.39 is 0 Å². The van der Waals surface area contributed by atoms with Crippen molar-refractivity contribution in [1.82, 2.24) is 15.6 Å². The normalized spacial score (nSPS) is 14.3. The minimum absolute atomic E-state index is 0. The zero-order chi connectivity index (χ0) is 20.7. The fourth-order valence-corrected chi connectivity index (χ4v) is 3.51. The maximum absolute atomic E-state index is 5.80. The average molecular weight is 528 g/mol. The lowest BCUT2D eigenvalue weighted by Crippen LogP contribution is -2.40. The summed E-state index contributed by atoms with van der Waals surface area (Å²) >= 11 is 0. The molecule has 0 bridgehead atoms. The van der Waals surface area contributed by atoms with Gasteiger partial charge >= 0.3 is 0 Å². The molecule has 4 rings (SSSR count). The van der Waals surface area contributed by atoms with Crippen LogP contribution in [0.25, 0.3) is 0 Å². The van der Waals surface area contributed by atoms with Crippen LogP contribution in [0, 0.1) is 0 Å². The van der Waals surface area contributed by atoms with Crippen LogP contribution in [-0.2, 0) is 18.6 Å². The molecule has 1 fully saturated rings. The molecule has 0 radical (unpaired) electrons. The highest BCUT2D eigenvalue weighted by atomic mass is 127. The first kappa shape index (κ1) is 23.1. The van der Waals surface area contributed by atoms with Gasteiger partial charge in [0, 0.05) is 31.7 Å². The lowest BCUT2D eigenvalue weighted by Gasteiger charge is -2.19. The van der Waals surface area contributed by atoms with E-state index in [-0.39, 0.29) is 29.4 Å². The van der Waals surface area contributed by atoms with Gasteiger partial charge in [0.05, 0.1) is 5.69 Å². The Balaban J connectivity index is 0.00000272. The van der Waals surface area contributed by atoms with E-state index in [1.807, 2.05) is 37.4 Å². The topological polar surface area (TPSA) is 58.5 Å². The number of rotatable bonds is 8. The van der Waals surface area contributed by atoms with Gasteiger partial charge in [-0.05, 0) is 48.2 Å². The van der Waals surface area contributed by atoms with Crippen molar-refractivity contribution >= 4 is 29.9 Å². The van der Waals surface area contributed by atoms with Crippen molar-refractivity contribution in [3.63, 3.8) is 0 Å². The summed E-state index contributed by atoms with van der Waals surface area (Å²) in [6, 6.07) is 24.7. The number of halogens is 1. The van der Waals surface area contributed by atoms with E-state index in [2.05, 4.69) is 63.1 Å². The van der Waals surface area contributed by atoms with Crippen LogP contribution in [0.4, 0.5) is 0 Å². The fraction of sp³-hybridized carbons (Fsp3) is 0.280. The van der Waals surface area contributed by atoms with Crippen molar-refractivity contribution in [3.05, 3.63) is 95.8 Å². The molecule has 2 N–H and O–H groups in total. The number of hydrogen-bond donors (Lipinski definition) is 2. The minimum Gasteiger partial charge on any atom is -0.487 e. The van der Waals surface area contributed by atoms with Crippen LogP contribution in [0.15, 0.2) is 84.0 Å². The SMILES string of the molecule is CN=C(NCc1ccc(OCc2ccccn2)cc1)NCC1(c2ccccc2)CC1.I. The van der Waals surface area contributed by atoms with Crippen LogP contribution < -0.4 is 15.4 Å². The Morgan fingerprint density at radius 1 is 0.968 bits per heavy atom. The molecule has 0 saturated heterocycles. The van der Waals surface area contributed by atoms with Crippen molar-refractivity contribution in [1.29, 1.82) is 0 Å². The summed E-state index contributed by atoms with van der Waals surface area (Å²) in [7, 11) is 1.81. The Morgan fingerprint density at radius 3 is 2.35 bits per heavy atom. The summed E-state index contributed by atoms with van der Waals surface area (Å²) in [5.41, 5.74) is 3.76. The van der Waals surface area contributed by atoms with Gasteiger partial charge in [-0.15, -0.1) is 24.0 Å². The summed E-state index contributed by atoms with van der Waals surface area (Å²) in [5, 5.41) is 6.90. The number of nitrogens with zero attached hydrogens (tertiary/aromatic N) is 2. The standard InChI is InChI=1S/C25H28N4O.HI/c1-26-24(29-19-25(14-15-25)21-7-3-2-4-8-21)28-17-20-10-12-23(13-11-20)30-18-22-9-5-6-16-27-22;/h2-13,16H,14-15,17-19H2,1H3,(H2,26,28,29);1H. The number of aromatic nitrogens is 1. The van der Waals surface area contributed by atoms with Crippen molar-refractivity contribution in [2.24, 2.45) is 4.99 Å². The number of nitrogens with one attached hydrogen (secondary N) is 2. The highest BCUT2D eigenvalue weighted by Gasteiger charge is 2.43. The van der Waals surface area contributed by atoms with Gasteiger partial charge in [-0.25, -0.2) is 0 Å². The summed E-state index contributed by atoms with van der Waals surface area (Å²) in [6.45, 7) is 2.08. The lowest BCUT2D eigenvalue weighted by molar-refractivity contribution is 0.301. The molecule has 2 aromatic carbocycles. The Hall–Kier alpha value is -2.61. The smallest absolute Gasteiger partial charge is 0.191 e. The van der Waals surface area contributed by atoms with Crippen molar-refractivity contribution in [3.8, 4) is 5.75 Å². The first-order valence-electron chi connectivity index (χ1n) is 10.4. The number of ether oxygens (including phenoxy) is 1. The fourth-order valence-electron chi connectivity index (χ4n) is 3.51. The highest BCUT2D eigenvalue weighted by Crippen LogP contribution is 2.47. The monoisotopic (exact) mass is 528 g/mol. The van der Waals surface area contributed by atoms with Crippen LogP contribution in [0.5, 0.6) is 5.75 Å². The summed E-state index contributed by atoms with van der Waals surface area (Å²) < 4.78 is 5.80. The van der Waals surface area contributed by atoms with Crippen LogP contribution in [0.3, 0.4) is 0 Å². The maximum Gasteiger partial charge on any atom is 0.191 e.